The van der Waals surface area contributed by atoms with Crippen molar-refractivity contribution in [3.8, 4) is 0 Å². The van der Waals surface area contributed by atoms with Gasteiger partial charge in [0.25, 0.3) is 0 Å². The quantitative estimate of drug-likeness (QED) is 0.835. The number of fused-ring (bicyclic) bond motifs is 1. The Bertz CT molecular complexity index is 603. The van der Waals surface area contributed by atoms with E-state index in [1.54, 1.807) is 0 Å². The van der Waals surface area contributed by atoms with Gasteiger partial charge in [0, 0.05) is 34.6 Å². The highest BCUT2D eigenvalue weighted by atomic mass is 16.1. The summed E-state index contributed by atoms with van der Waals surface area (Å²) in [6.45, 7) is 4.03. The summed E-state index contributed by atoms with van der Waals surface area (Å²) < 4.78 is 0. The predicted octanol–water partition coefficient (Wildman–Crippen LogP) is 3.52. The van der Waals surface area contributed by atoms with E-state index in [0.29, 0.717) is 5.78 Å². The zero-order chi connectivity index (χ0) is 14.0. The molecule has 0 amide bonds. The molecular weight excluding hydrogens is 248 g/mol. The van der Waals surface area contributed by atoms with Gasteiger partial charge in [0.2, 0.25) is 0 Å². The van der Waals surface area contributed by atoms with E-state index in [1.165, 1.54) is 0 Å². The molecule has 2 N–H and O–H groups in total. The lowest BCUT2D eigenvalue weighted by atomic mass is 9.71. The van der Waals surface area contributed by atoms with E-state index in [1.807, 2.05) is 30.5 Å². The van der Waals surface area contributed by atoms with E-state index in [0.717, 1.165) is 55.2 Å². The monoisotopic (exact) mass is 270 g/mol. The van der Waals surface area contributed by atoms with Crippen LogP contribution in [-0.4, -0.2) is 23.9 Å². The van der Waals surface area contributed by atoms with E-state index in [9.17, 15) is 4.79 Å². The highest BCUT2D eigenvalue weighted by Crippen LogP contribution is 2.35. The van der Waals surface area contributed by atoms with Crippen molar-refractivity contribution in [2.24, 2.45) is 5.41 Å². The summed E-state index contributed by atoms with van der Waals surface area (Å²) in [6.07, 6.45) is 6.06. The first kappa shape index (κ1) is 13.4. The summed E-state index contributed by atoms with van der Waals surface area (Å²) in [5.74, 6) is 0.314. The van der Waals surface area contributed by atoms with E-state index < -0.39 is 0 Å². The van der Waals surface area contributed by atoms with Crippen LogP contribution in [0.4, 0.5) is 0 Å². The molecule has 1 fully saturated rings. The fraction of sp³-hybridized carbons (Fsp3) is 0.471. The van der Waals surface area contributed by atoms with E-state index in [2.05, 4.69) is 17.2 Å². The van der Waals surface area contributed by atoms with Gasteiger partial charge in [-0.25, -0.2) is 0 Å². The Balaban J connectivity index is 1.95. The molecule has 1 atom stereocenters. The van der Waals surface area contributed by atoms with Crippen molar-refractivity contribution in [3.05, 3.63) is 36.0 Å². The maximum atomic E-state index is 13.0. The summed E-state index contributed by atoms with van der Waals surface area (Å²) in [4.78, 5) is 16.2. The molecule has 0 bridgehead atoms. The highest BCUT2D eigenvalue weighted by molar-refractivity contribution is 6.03. The van der Waals surface area contributed by atoms with Crippen molar-refractivity contribution in [1.82, 2.24) is 10.3 Å². The third kappa shape index (κ3) is 2.27. The summed E-state index contributed by atoms with van der Waals surface area (Å²) in [7, 11) is 0. The molecule has 1 aromatic carbocycles. The Labute approximate surface area is 119 Å². The largest absolute Gasteiger partial charge is 0.361 e. The molecule has 1 aliphatic rings. The maximum absolute atomic E-state index is 13.0. The molecule has 1 aromatic heterocycles. The number of ketones is 1. The number of rotatable bonds is 4. The molecule has 0 unspecified atom stereocenters. The van der Waals surface area contributed by atoms with Gasteiger partial charge in [-0.2, -0.15) is 0 Å². The molecule has 1 saturated heterocycles. The van der Waals surface area contributed by atoms with Gasteiger partial charge in [0.1, 0.15) is 0 Å². The Hall–Kier alpha value is -1.61. The van der Waals surface area contributed by atoms with Crippen LogP contribution in [0.1, 0.15) is 43.0 Å². The second-order valence-electron chi connectivity index (χ2n) is 5.92. The van der Waals surface area contributed by atoms with Gasteiger partial charge < -0.3 is 10.3 Å². The summed E-state index contributed by atoms with van der Waals surface area (Å²) in [5.41, 5.74) is 1.75. The normalized spacial score (nSPS) is 23.1. The van der Waals surface area contributed by atoms with Crippen LogP contribution in [0.3, 0.4) is 0 Å². The number of aromatic amines is 1. The second kappa shape index (κ2) is 5.41. The van der Waals surface area contributed by atoms with Crippen LogP contribution in [-0.2, 0) is 0 Å². The molecule has 2 aromatic rings. The second-order valence-corrected chi connectivity index (χ2v) is 5.92. The Morgan fingerprint density at radius 2 is 2.25 bits per heavy atom. The smallest absolute Gasteiger partial charge is 0.170 e. The van der Waals surface area contributed by atoms with Crippen molar-refractivity contribution >= 4 is 16.7 Å². The van der Waals surface area contributed by atoms with Gasteiger partial charge in [0.05, 0.1) is 0 Å². The number of Topliss-reactive ketones (excluding diaryl/α,β-unsaturated/α-hetero) is 1. The average Bonchev–Trinajstić information content (AvgIpc) is 2.95. The van der Waals surface area contributed by atoms with Crippen LogP contribution in [0.15, 0.2) is 30.5 Å². The van der Waals surface area contributed by atoms with Crippen LogP contribution in [0.2, 0.25) is 0 Å². The number of carbonyl (C=O) groups is 1. The SMILES string of the molecule is CCC[C@@]1(C(=O)c2ccc3[nH]ccc3c2)CCCNC1. The maximum Gasteiger partial charge on any atom is 0.170 e. The van der Waals surface area contributed by atoms with E-state index in [-0.39, 0.29) is 5.41 Å². The molecule has 3 heteroatoms. The molecule has 3 nitrogen and oxygen atoms in total. The first-order valence-electron chi connectivity index (χ1n) is 7.58. The van der Waals surface area contributed by atoms with E-state index >= 15 is 0 Å². The van der Waals surface area contributed by atoms with Crippen LogP contribution in [0.25, 0.3) is 10.9 Å². The minimum absolute atomic E-state index is 0.197. The fourth-order valence-corrected chi connectivity index (χ4v) is 3.47. The Morgan fingerprint density at radius 1 is 1.35 bits per heavy atom. The number of benzene rings is 1. The highest BCUT2D eigenvalue weighted by Gasteiger charge is 2.38. The lowest BCUT2D eigenvalue weighted by molar-refractivity contribution is 0.0718. The first-order chi connectivity index (χ1) is 9.75. The number of nitrogens with one attached hydrogen (secondary N) is 2. The number of hydrogen-bond acceptors (Lipinski definition) is 2. The van der Waals surface area contributed by atoms with Gasteiger partial charge in [-0.05, 0) is 50.1 Å². The van der Waals surface area contributed by atoms with Gasteiger partial charge in [-0.1, -0.05) is 13.3 Å². The van der Waals surface area contributed by atoms with Crippen molar-refractivity contribution < 1.29 is 4.79 Å². The molecular formula is C17H22N2O. The van der Waals surface area contributed by atoms with Crippen molar-refractivity contribution in [2.45, 2.75) is 32.6 Å². The standard InChI is InChI=1S/C17H22N2O/c1-2-7-17(8-3-9-18-12-17)16(20)14-4-5-15-13(11-14)6-10-19-15/h4-6,10-11,18-19H,2-3,7-9,12H2,1H3/t17-/m1/s1. The van der Waals surface area contributed by atoms with Gasteiger partial charge in [-0.3, -0.25) is 4.79 Å². The van der Waals surface area contributed by atoms with Gasteiger partial charge in [0.15, 0.2) is 5.78 Å². The lowest BCUT2D eigenvalue weighted by Gasteiger charge is -2.36. The van der Waals surface area contributed by atoms with Gasteiger partial charge in [-0.15, -0.1) is 0 Å². The lowest BCUT2D eigenvalue weighted by Crippen LogP contribution is -2.45. The molecule has 2 heterocycles. The third-order valence-electron chi connectivity index (χ3n) is 4.50. The molecule has 1 aliphatic heterocycles. The zero-order valence-electron chi connectivity index (χ0n) is 12.0. The van der Waals surface area contributed by atoms with Crippen LogP contribution in [0, 0.1) is 5.41 Å². The number of piperidine rings is 1. The van der Waals surface area contributed by atoms with Crippen LogP contribution >= 0.6 is 0 Å². The van der Waals surface area contributed by atoms with Crippen molar-refractivity contribution in [1.29, 1.82) is 0 Å². The average molecular weight is 270 g/mol. The number of carbonyl (C=O) groups excluding carboxylic acids is 1. The van der Waals surface area contributed by atoms with Gasteiger partial charge >= 0.3 is 0 Å². The first-order valence-corrected chi connectivity index (χ1v) is 7.58. The summed E-state index contributed by atoms with van der Waals surface area (Å²) in [6, 6.07) is 8.03. The third-order valence-corrected chi connectivity index (χ3v) is 4.50. The molecule has 106 valence electrons. The Morgan fingerprint density at radius 3 is 3.00 bits per heavy atom. The molecule has 0 radical (unpaired) electrons. The molecule has 0 saturated carbocycles. The van der Waals surface area contributed by atoms with Crippen molar-refractivity contribution in [3.63, 3.8) is 0 Å². The molecule has 3 rings (SSSR count). The number of aromatic nitrogens is 1. The molecule has 20 heavy (non-hydrogen) atoms. The molecule has 0 aliphatic carbocycles. The number of hydrogen-bond donors (Lipinski definition) is 2. The topological polar surface area (TPSA) is 44.9 Å². The number of H-pyrrole nitrogens is 1. The minimum Gasteiger partial charge on any atom is -0.361 e. The summed E-state index contributed by atoms with van der Waals surface area (Å²) >= 11 is 0. The zero-order valence-corrected chi connectivity index (χ0v) is 12.0. The van der Waals surface area contributed by atoms with Crippen LogP contribution < -0.4 is 5.32 Å². The van der Waals surface area contributed by atoms with Crippen LogP contribution in [0.5, 0.6) is 0 Å². The van der Waals surface area contributed by atoms with Crippen molar-refractivity contribution in [2.75, 3.05) is 13.1 Å². The van der Waals surface area contributed by atoms with E-state index in [4.69, 9.17) is 0 Å². The predicted molar refractivity (Wildman–Crippen MR) is 82.1 cm³/mol. The fourth-order valence-electron chi connectivity index (χ4n) is 3.47. The Kier molecular flexibility index (Phi) is 3.62. The summed E-state index contributed by atoms with van der Waals surface area (Å²) in [5, 5.41) is 4.53. The minimum atomic E-state index is -0.197. The molecule has 0 spiro atoms.